The van der Waals surface area contributed by atoms with Crippen LogP contribution in [0.1, 0.15) is 11.3 Å². The molecule has 3 atom stereocenters. The summed E-state index contributed by atoms with van der Waals surface area (Å²) in [7, 11) is 0. The average molecular weight is 458 g/mol. The molecule has 2 aromatic heterocycles. The van der Waals surface area contributed by atoms with Crippen LogP contribution in [0.5, 0.6) is 0 Å². The molecule has 2 fully saturated rings. The van der Waals surface area contributed by atoms with Gasteiger partial charge in [0, 0.05) is 18.7 Å². The standard InChI is InChI=1S/C18H20N2O3S.C2HF3O2/c21-18(7-13-4-6-24-12-13)20-8-17(15-10-22-11-16(15)20)23-9-14-3-1-2-5-19-14;3-2(4,5)1(6)7/h1-6,12,15-17H,7-11H2;(H,6,7)/t15-,16+,17-;/m0./s1. The highest BCUT2D eigenvalue weighted by Gasteiger charge is 2.47. The van der Waals surface area contributed by atoms with E-state index in [1.165, 1.54) is 0 Å². The van der Waals surface area contributed by atoms with E-state index < -0.39 is 12.1 Å². The molecule has 168 valence electrons. The number of hydrogen-bond acceptors (Lipinski definition) is 6. The van der Waals surface area contributed by atoms with Gasteiger partial charge in [-0.25, -0.2) is 4.79 Å². The largest absolute Gasteiger partial charge is 0.490 e. The maximum Gasteiger partial charge on any atom is 0.490 e. The van der Waals surface area contributed by atoms with Crippen LogP contribution < -0.4 is 0 Å². The molecule has 0 spiro atoms. The van der Waals surface area contributed by atoms with Crippen LogP contribution in [0.15, 0.2) is 41.2 Å². The Kier molecular flexibility index (Phi) is 7.63. The molecular weight excluding hydrogens is 437 g/mol. The van der Waals surface area contributed by atoms with Crippen LogP contribution in [0, 0.1) is 5.92 Å². The summed E-state index contributed by atoms with van der Waals surface area (Å²) in [5.41, 5.74) is 1.99. The zero-order chi connectivity index (χ0) is 22.4. The van der Waals surface area contributed by atoms with Crippen molar-refractivity contribution in [2.24, 2.45) is 5.92 Å². The zero-order valence-corrected chi connectivity index (χ0v) is 17.1. The number of aromatic nitrogens is 1. The zero-order valence-electron chi connectivity index (χ0n) is 16.3. The fourth-order valence-corrected chi connectivity index (χ4v) is 4.18. The number of halogens is 3. The van der Waals surface area contributed by atoms with E-state index in [1.807, 2.05) is 39.9 Å². The predicted molar refractivity (Wildman–Crippen MR) is 104 cm³/mol. The number of carboxylic acids is 1. The minimum atomic E-state index is -5.08. The number of carbonyl (C=O) groups is 2. The van der Waals surface area contributed by atoms with E-state index in [1.54, 1.807) is 17.5 Å². The number of aliphatic carboxylic acids is 1. The lowest BCUT2D eigenvalue weighted by Gasteiger charge is -2.22. The van der Waals surface area contributed by atoms with Crippen molar-refractivity contribution in [3.05, 3.63) is 52.5 Å². The molecule has 7 nitrogen and oxygen atoms in total. The lowest BCUT2D eigenvalue weighted by Crippen LogP contribution is -2.39. The first-order valence-corrected chi connectivity index (χ1v) is 10.4. The Balaban J connectivity index is 0.000000339. The Morgan fingerprint density at radius 1 is 1.29 bits per heavy atom. The molecule has 2 aromatic rings. The van der Waals surface area contributed by atoms with Gasteiger partial charge in [0.25, 0.3) is 0 Å². The van der Waals surface area contributed by atoms with Gasteiger partial charge in [-0.15, -0.1) is 0 Å². The van der Waals surface area contributed by atoms with Gasteiger partial charge < -0.3 is 19.5 Å². The van der Waals surface area contributed by atoms with Gasteiger partial charge in [-0.05, 0) is 34.5 Å². The predicted octanol–water partition coefficient (Wildman–Crippen LogP) is 2.76. The third-order valence-electron chi connectivity index (χ3n) is 5.02. The molecule has 0 saturated carbocycles. The molecule has 2 aliphatic rings. The van der Waals surface area contributed by atoms with E-state index >= 15 is 0 Å². The minimum absolute atomic E-state index is 0.0194. The van der Waals surface area contributed by atoms with Crippen LogP contribution in [-0.2, 0) is 32.1 Å². The molecule has 2 aliphatic heterocycles. The number of hydrogen-bond donors (Lipinski definition) is 1. The number of thiophene rings is 1. The molecule has 2 saturated heterocycles. The summed E-state index contributed by atoms with van der Waals surface area (Å²) in [5.74, 6) is -2.33. The third-order valence-corrected chi connectivity index (χ3v) is 5.75. The van der Waals surface area contributed by atoms with Gasteiger partial charge in [0.05, 0.1) is 44.1 Å². The fraction of sp³-hybridized carbons (Fsp3) is 0.450. The second-order valence-electron chi connectivity index (χ2n) is 7.10. The van der Waals surface area contributed by atoms with E-state index in [0.29, 0.717) is 32.8 Å². The fourth-order valence-electron chi connectivity index (χ4n) is 3.51. The topological polar surface area (TPSA) is 89.0 Å². The summed E-state index contributed by atoms with van der Waals surface area (Å²) in [6.07, 6.45) is -2.84. The van der Waals surface area contributed by atoms with E-state index in [4.69, 9.17) is 19.4 Å². The quantitative estimate of drug-likeness (QED) is 0.741. The SMILES string of the molecule is O=C(Cc1ccsc1)N1C[C@H](OCc2ccccn2)[C@H]2COC[C@H]21.O=C(O)C(F)(F)F. The lowest BCUT2D eigenvalue weighted by molar-refractivity contribution is -0.192. The number of alkyl halides is 3. The van der Waals surface area contributed by atoms with Crippen LogP contribution in [-0.4, -0.2) is 64.9 Å². The number of rotatable bonds is 5. The third kappa shape index (κ3) is 6.25. The molecule has 0 radical (unpaired) electrons. The van der Waals surface area contributed by atoms with Gasteiger partial charge in [0.2, 0.25) is 5.91 Å². The highest BCUT2D eigenvalue weighted by atomic mass is 32.1. The molecule has 31 heavy (non-hydrogen) atoms. The number of nitrogens with zero attached hydrogens (tertiary/aromatic N) is 2. The highest BCUT2D eigenvalue weighted by molar-refractivity contribution is 7.08. The van der Waals surface area contributed by atoms with Gasteiger partial charge in [-0.1, -0.05) is 6.07 Å². The van der Waals surface area contributed by atoms with Crippen molar-refractivity contribution in [3.8, 4) is 0 Å². The van der Waals surface area contributed by atoms with Gasteiger partial charge in [-0.3, -0.25) is 9.78 Å². The first-order chi connectivity index (χ1) is 14.8. The Morgan fingerprint density at radius 3 is 2.68 bits per heavy atom. The molecule has 0 aliphatic carbocycles. The second-order valence-corrected chi connectivity index (χ2v) is 7.88. The van der Waals surface area contributed by atoms with Crippen LogP contribution in [0.4, 0.5) is 13.2 Å². The van der Waals surface area contributed by atoms with Crippen LogP contribution >= 0.6 is 11.3 Å². The molecule has 1 N–H and O–H groups in total. The van der Waals surface area contributed by atoms with Gasteiger partial charge in [-0.2, -0.15) is 24.5 Å². The summed E-state index contributed by atoms with van der Waals surface area (Å²) < 4.78 is 43.4. The molecule has 4 heterocycles. The average Bonchev–Trinajstić information content (AvgIpc) is 3.45. The molecule has 1 amide bonds. The van der Waals surface area contributed by atoms with Crippen molar-refractivity contribution in [1.29, 1.82) is 0 Å². The Morgan fingerprint density at radius 2 is 2.06 bits per heavy atom. The van der Waals surface area contributed by atoms with Crippen molar-refractivity contribution in [2.45, 2.75) is 31.3 Å². The minimum Gasteiger partial charge on any atom is -0.475 e. The summed E-state index contributed by atoms with van der Waals surface area (Å²) in [6.45, 7) is 2.40. The second kappa shape index (κ2) is 10.2. The number of ether oxygens (including phenoxy) is 2. The Hall–Kier alpha value is -2.50. The molecule has 11 heteroatoms. The molecule has 0 bridgehead atoms. The summed E-state index contributed by atoms with van der Waals surface area (Å²) in [6, 6.07) is 7.96. The van der Waals surface area contributed by atoms with Crippen molar-refractivity contribution < 1.29 is 37.3 Å². The van der Waals surface area contributed by atoms with Gasteiger partial charge >= 0.3 is 12.1 Å². The monoisotopic (exact) mass is 458 g/mol. The number of fused-ring (bicyclic) bond motifs is 1. The molecule has 0 aromatic carbocycles. The first-order valence-electron chi connectivity index (χ1n) is 9.45. The van der Waals surface area contributed by atoms with Crippen molar-refractivity contribution in [1.82, 2.24) is 9.88 Å². The summed E-state index contributed by atoms with van der Waals surface area (Å²) >= 11 is 1.62. The van der Waals surface area contributed by atoms with E-state index in [2.05, 4.69) is 4.98 Å². The Labute approximate surface area is 180 Å². The van der Waals surface area contributed by atoms with Gasteiger partial charge in [0.15, 0.2) is 0 Å². The molecular formula is C20H21F3N2O5S. The number of carbonyl (C=O) groups excluding carboxylic acids is 1. The number of amides is 1. The maximum atomic E-state index is 12.7. The van der Waals surface area contributed by atoms with Crippen molar-refractivity contribution in [2.75, 3.05) is 19.8 Å². The molecule has 0 unspecified atom stereocenters. The van der Waals surface area contributed by atoms with Crippen LogP contribution in [0.2, 0.25) is 0 Å². The van der Waals surface area contributed by atoms with E-state index in [-0.39, 0.29) is 24.0 Å². The highest BCUT2D eigenvalue weighted by Crippen LogP contribution is 2.33. The van der Waals surface area contributed by atoms with E-state index in [9.17, 15) is 18.0 Å². The van der Waals surface area contributed by atoms with Crippen LogP contribution in [0.25, 0.3) is 0 Å². The number of carboxylic acid groups (broad SMARTS) is 1. The maximum absolute atomic E-state index is 12.7. The smallest absolute Gasteiger partial charge is 0.475 e. The van der Waals surface area contributed by atoms with Crippen molar-refractivity contribution >= 4 is 23.2 Å². The first kappa shape index (κ1) is 23.2. The van der Waals surface area contributed by atoms with Gasteiger partial charge in [0.1, 0.15) is 0 Å². The van der Waals surface area contributed by atoms with Crippen molar-refractivity contribution in [3.63, 3.8) is 0 Å². The number of pyridine rings is 1. The van der Waals surface area contributed by atoms with E-state index in [0.717, 1.165) is 11.3 Å². The Bertz CT molecular complexity index is 863. The summed E-state index contributed by atoms with van der Waals surface area (Å²) in [4.78, 5) is 27.8. The summed E-state index contributed by atoms with van der Waals surface area (Å²) in [5, 5.41) is 11.2. The van der Waals surface area contributed by atoms with Crippen LogP contribution in [0.3, 0.4) is 0 Å². The lowest BCUT2D eigenvalue weighted by atomic mass is 10.0. The number of likely N-dealkylation sites (tertiary alicyclic amines) is 1. The normalized spacial score (nSPS) is 22.5. The molecule has 4 rings (SSSR count).